The van der Waals surface area contributed by atoms with E-state index in [4.69, 9.17) is 11.6 Å². The molecule has 1 aliphatic rings. The van der Waals surface area contributed by atoms with Crippen LogP contribution in [0.2, 0.25) is 5.02 Å². The average molecular weight is 297 g/mol. The third-order valence-electron chi connectivity index (χ3n) is 3.98. The zero-order valence-electron chi connectivity index (χ0n) is 12.4. The molecule has 0 bridgehead atoms. The van der Waals surface area contributed by atoms with Crippen molar-refractivity contribution in [2.45, 2.75) is 39.3 Å². The lowest BCUT2D eigenvalue weighted by molar-refractivity contribution is 0.203. The van der Waals surface area contributed by atoms with Crippen molar-refractivity contribution >= 4 is 17.3 Å². The van der Waals surface area contributed by atoms with Crippen molar-refractivity contribution in [3.05, 3.63) is 28.8 Å². The van der Waals surface area contributed by atoms with Gasteiger partial charge in [-0.15, -0.1) is 0 Å². The van der Waals surface area contributed by atoms with Crippen LogP contribution < -0.4 is 10.2 Å². The van der Waals surface area contributed by atoms with Gasteiger partial charge in [-0.25, -0.2) is 0 Å². The highest BCUT2D eigenvalue weighted by Gasteiger charge is 2.19. The monoisotopic (exact) mass is 296 g/mol. The Bertz CT molecular complexity index is 428. The van der Waals surface area contributed by atoms with E-state index in [2.05, 4.69) is 42.3 Å². The highest BCUT2D eigenvalue weighted by Crippen LogP contribution is 2.27. The molecule has 1 aromatic rings. The summed E-state index contributed by atoms with van der Waals surface area (Å²) in [5, 5.41) is 13.4. The molecule has 3 nitrogen and oxygen atoms in total. The summed E-state index contributed by atoms with van der Waals surface area (Å²) in [6.45, 7) is 7.40. The van der Waals surface area contributed by atoms with Crippen LogP contribution in [0.25, 0.3) is 0 Å². The third-order valence-corrected chi connectivity index (χ3v) is 4.33. The molecule has 0 unspecified atom stereocenters. The summed E-state index contributed by atoms with van der Waals surface area (Å²) in [7, 11) is 0. The van der Waals surface area contributed by atoms with Gasteiger partial charge in [-0.2, -0.15) is 0 Å². The maximum Gasteiger partial charge on any atom is 0.0471 e. The number of nitrogens with zero attached hydrogens (tertiary/aromatic N) is 1. The molecule has 20 heavy (non-hydrogen) atoms. The van der Waals surface area contributed by atoms with E-state index in [1.807, 2.05) is 0 Å². The van der Waals surface area contributed by atoms with Gasteiger partial charge in [0.25, 0.3) is 0 Å². The second-order valence-electron chi connectivity index (χ2n) is 5.92. The van der Waals surface area contributed by atoms with Crippen LogP contribution in [0.4, 0.5) is 5.69 Å². The first-order valence-corrected chi connectivity index (χ1v) is 7.85. The molecule has 0 aliphatic carbocycles. The topological polar surface area (TPSA) is 35.5 Å². The van der Waals surface area contributed by atoms with Crippen LogP contribution >= 0.6 is 11.6 Å². The molecule has 1 aromatic carbocycles. The smallest absolute Gasteiger partial charge is 0.0471 e. The van der Waals surface area contributed by atoms with Crippen molar-refractivity contribution in [3.63, 3.8) is 0 Å². The molecular weight excluding hydrogens is 272 g/mol. The van der Waals surface area contributed by atoms with Crippen LogP contribution in [0.15, 0.2) is 18.2 Å². The maximum atomic E-state index is 9.19. The lowest BCUT2D eigenvalue weighted by Crippen LogP contribution is -2.34. The average Bonchev–Trinajstić information content (AvgIpc) is 2.46. The summed E-state index contributed by atoms with van der Waals surface area (Å²) >= 11 is 6.38. The van der Waals surface area contributed by atoms with Crippen LogP contribution in [0.5, 0.6) is 0 Å². The Balaban J connectivity index is 1.98. The molecule has 0 atom stereocenters. The number of anilines is 1. The van der Waals surface area contributed by atoms with Crippen molar-refractivity contribution in [2.75, 3.05) is 24.6 Å². The first kappa shape index (κ1) is 15.6. The standard InChI is InChI=1S/C16H25ClN2O/c1-12(2)18-10-14-3-4-15(9-16(14)17)19-7-5-13(11-20)6-8-19/h3-4,9,12-13,18,20H,5-8,10-11H2,1-2H3. The lowest BCUT2D eigenvalue weighted by Gasteiger charge is -2.33. The summed E-state index contributed by atoms with van der Waals surface area (Å²) in [5.41, 5.74) is 2.34. The largest absolute Gasteiger partial charge is 0.396 e. The minimum Gasteiger partial charge on any atom is -0.396 e. The highest BCUT2D eigenvalue weighted by atomic mass is 35.5. The van der Waals surface area contributed by atoms with Crippen LogP contribution in [0.1, 0.15) is 32.3 Å². The quantitative estimate of drug-likeness (QED) is 0.877. The van der Waals surface area contributed by atoms with E-state index in [9.17, 15) is 5.11 Å². The molecule has 4 heteroatoms. The fourth-order valence-electron chi connectivity index (χ4n) is 2.56. The van der Waals surface area contributed by atoms with Gasteiger partial charge in [0.2, 0.25) is 0 Å². The number of benzene rings is 1. The summed E-state index contributed by atoms with van der Waals surface area (Å²) in [5.74, 6) is 0.469. The molecule has 112 valence electrons. The number of halogens is 1. The van der Waals surface area contributed by atoms with Crippen molar-refractivity contribution in [1.82, 2.24) is 5.32 Å². The molecule has 0 aromatic heterocycles. The summed E-state index contributed by atoms with van der Waals surface area (Å²) in [6.07, 6.45) is 2.12. The molecule has 0 saturated carbocycles. The molecule has 0 amide bonds. The number of aliphatic hydroxyl groups is 1. The third kappa shape index (κ3) is 4.11. The Labute approximate surface area is 126 Å². The Kier molecular flexibility index (Phi) is 5.70. The molecule has 2 rings (SSSR count). The molecule has 0 spiro atoms. The van der Waals surface area contributed by atoms with Gasteiger partial charge in [-0.05, 0) is 36.5 Å². The van der Waals surface area contributed by atoms with Crippen LogP contribution in [0, 0.1) is 5.92 Å². The van der Waals surface area contributed by atoms with Crippen LogP contribution in [0.3, 0.4) is 0 Å². The zero-order chi connectivity index (χ0) is 14.5. The van der Waals surface area contributed by atoms with E-state index in [1.165, 1.54) is 5.69 Å². The van der Waals surface area contributed by atoms with Gasteiger partial charge in [-0.1, -0.05) is 31.5 Å². The van der Waals surface area contributed by atoms with Gasteiger partial charge in [0.1, 0.15) is 0 Å². The Morgan fingerprint density at radius 2 is 2.05 bits per heavy atom. The maximum absolute atomic E-state index is 9.19. The van der Waals surface area contributed by atoms with E-state index < -0.39 is 0 Å². The van der Waals surface area contributed by atoms with Crippen LogP contribution in [-0.4, -0.2) is 30.8 Å². The van der Waals surface area contributed by atoms with Gasteiger partial charge in [0.15, 0.2) is 0 Å². The fourth-order valence-corrected chi connectivity index (χ4v) is 2.81. The highest BCUT2D eigenvalue weighted by molar-refractivity contribution is 6.31. The number of aliphatic hydroxyl groups excluding tert-OH is 1. The Morgan fingerprint density at radius 1 is 1.35 bits per heavy atom. The van der Waals surface area contributed by atoms with E-state index in [1.54, 1.807) is 0 Å². The first-order chi connectivity index (χ1) is 9.60. The molecule has 1 aliphatic heterocycles. The normalized spacial score (nSPS) is 16.9. The van der Waals surface area contributed by atoms with Gasteiger partial charge in [0, 0.05) is 43.0 Å². The Morgan fingerprint density at radius 3 is 2.60 bits per heavy atom. The van der Waals surface area contributed by atoms with Crippen LogP contribution in [-0.2, 0) is 6.54 Å². The Hall–Kier alpha value is -0.770. The molecular formula is C16H25ClN2O. The summed E-state index contributed by atoms with van der Waals surface area (Å²) < 4.78 is 0. The zero-order valence-corrected chi connectivity index (χ0v) is 13.2. The number of hydrogen-bond acceptors (Lipinski definition) is 3. The molecule has 1 heterocycles. The van der Waals surface area contributed by atoms with E-state index in [-0.39, 0.29) is 0 Å². The second-order valence-corrected chi connectivity index (χ2v) is 6.33. The summed E-state index contributed by atoms with van der Waals surface area (Å²) in [6, 6.07) is 6.80. The first-order valence-electron chi connectivity index (χ1n) is 7.47. The second kappa shape index (κ2) is 7.30. The van der Waals surface area contributed by atoms with Crippen molar-refractivity contribution in [2.24, 2.45) is 5.92 Å². The van der Waals surface area contributed by atoms with E-state index in [0.717, 1.165) is 43.1 Å². The number of nitrogens with one attached hydrogen (secondary N) is 1. The minimum atomic E-state index is 0.314. The van der Waals surface area contributed by atoms with E-state index >= 15 is 0 Å². The number of rotatable bonds is 5. The van der Waals surface area contributed by atoms with Gasteiger partial charge in [0.05, 0.1) is 0 Å². The summed E-state index contributed by atoms with van der Waals surface area (Å²) in [4.78, 5) is 2.36. The molecule has 2 N–H and O–H groups in total. The fraction of sp³-hybridized carbons (Fsp3) is 0.625. The lowest BCUT2D eigenvalue weighted by atomic mass is 9.97. The van der Waals surface area contributed by atoms with Gasteiger partial charge in [-0.3, -0.25) is 0 Å². The van der Waals surface area contributed by atoms with Crippen molar-refractivity contribution in [3.8, 4) is 0 Å². The predicted molar refractivity (Wildman–Crippen MR) is 85.5 cm³/mol. The predicted octanol–water partition coefficient (Wildman–Crippen LogP) is 3.05. The molecule has 0 radical (unpaired) electrons. The van der Waals surface area contributed by atoms with Gasteiger partial charge < -0.3 is 15.3 Å². The van der Waals surface area contributed by atoms with Crippen molar-refractivity contribution < 1.29 is 5.11 Å². The van der Waals surface area contributed by atoms with Crippen molar-refractivity contribution in [1.29, 1.82) is 0 Å². The van der Waals surface area contributed by atoms with E-state index in [0.29, 0.717) is 18.6 Å². The van der Waals surface area contributed by atoms with Gasteiger partial charge >= 0.3 is 0 Å². The SMILES string of the molecule is CC(C)NCc1ccc(N2CCC(CO)CC2)cc1Cl. The number of hydrogen-bond donors (Lipinski definition) is 2. The number of piperidine rings is 1. The minimum absolute atomic E-state index is 0.314. The molecule has 1 saturated heterocycles. The molecule has 1 fully saturated rings.